The van der Waals surface area contributed by atoms with Crippen molar-refractivity contribution in [3.63, 3.8) is 0 Å². The number of amides is 1. The first-order valence-electron chi connectivity index (χ1n) is 7.41. The van der Waals surface area contributed by atoms with E-state index in [1.807, 2.05) is 4.90 Å². The van der Waals surface area contributed by atoms with Gasteiger partial charge < -0.3 is 10.6 Å². The highest BCUT2D eigenvalue weighted by molar-refractivity contribution is 9.10. The predicted molar refractivity (Wildman–Crippen MR) is 83.1 cm³/mol. The summed E-state index contributed by atoms with van der Waals surface area (Å²) in [4.78, 5) is 14.4. The molecule has 0 radical (unpaired) electrons. The van der Waals surface area contributed by atoms with Crippen LogP contribution in [0.1, 0.15) is 30.4 Å². The Kier molecular flexibility index (Phi) is 4.13. The van der Waals surface area contributed by atoms with Crippen LogP contribution in [-0.4, -0.2) is 23.9 Å². The van der Waals surface area contributed by atoms with E-state index in [0.717, 1.165) is 38.9 Å². The number of halogens is 1. The van der Waals surface area contributed by atoms with Crippen molar-refractivity contribution in [1.82, 2.24) is 4.90 Å². The Balaban J connectivity index is 1.58. The van der Waals surface area contributed by atoms with Crippen LogP contribution in [0, 0.1) is 11.8 Å². The standard InChI is InChI=1S/C16H21BrN2O/c17-15-3-1-2-13-10-19(5-4-14(13)15)16(20)8-11-6-12(7-11)9-18/h1-3,11-12H,4-10,18H2. The van der Waals surface area contributed by atoms with Crippen molar-refractivity contribution in [2.75, 3.05) is 13.1 Å². The lowest BCUT2D eigenvalue weighted by Crippen LogP contribution is -2.39. The Morgan fingerprint density at radius 1 is 1.35 bits per heavy atom. The van der Waals surface area contributed by atoms with Crippen LogP contribution in [0.25, 0.3) is 0 Å². The zero-order valence-corrected chi connectivity index (χ0v) is 13.2. The van der Waals surface area contributed by atoms with Gasteiger partial charge in [-0.2, -0.15) is 0 Å². The molecule has 1 saturated carbocycles. The first-order valence-corrected chi connectivity index (χ1v) is 8.20. The molecule has 1 heterocycles. The lowest BCUT2D eigenvalue weighted by molar-refractivity contribution is -0.134. The molecule has 1 aliphatic heterocycles. The molecule has 20 heavy (non-hydrogen) atoms. The number of nitrogens with zero attached hydrogens (tertiary/aromatic N) is 1. The summed E-state index contributed by atoms with van der Waals surface area (Å²) >= 11 is 3.60. The van der Waals surface area contributed by atoms with Crippen LogP contribution in [-0.2, 0) is 17.8 Å². The van der Waals surface area contributed by atoms with Gasteiger partial charge in [0.25, 0.3) is 0 Å². The Bertz CT molecular complexity index is 511. The smallest absolute Gasteiger partial charge is 0.223 e. The van der Waals surface area contributed by atoms with E-state index in [-0.39, 0.29) is 0 Å². The van der Waals surface area contributed by atoms with Gasteiger partial charge in [-0.3, -0.25) is 4.79 Å². The fourth-order valence-corrected chi connectivity index (χ4v) is 3.99. The van der Waals surface area contributed by atoms with Crippen LogP contribution in [0.2, 0.25) is 0 Å². The maximum absolute atomic E-state index is 12.4. The second-order valence-corrected chi connectivity index (χ2v) is 6.94. The molecule has 0 bridgehead atoms. The highest BCUT2D eigenvalue weighted by atomic mass is 79.9. The molecular formula is C16H21BrN2O. The monoisotopic (exact) mass is 336 g/mol. The average Bonchev–Trinajstić information content (AvgIpc) is 2.42. The molecule has 4 heteroatoms. The van der Waals surface area contributed by atoms with E-state index in [1.165, 1.54) is 15.6 Å². The quantitative estimate of drug-likeness (QED) is 0.922. The third kappa shape index (κ3) is 2.77. The molecule has 0 aromatic heterocycles. The molecule has 0 atom stereocenters. The summed E-state index contributed by atoms with van der Waals surface area (Å²) < 4.78 is 1.17. The van der Waals surface area contributed by atoms with Crippen molar-refractivity contribution in [3.05, 3.63) is 33.8 Å². The van der Waals surface area contributed by atoms with E-state index in [4.69, 9.17) is 5.73 Å². The normalized spacial score (nSPS) is 25.0. The third-order valence-corrected chi connectivity index (χ3v) is 5.43. The number of carbonyl (C=O) groups excluding carboxylic acids is 1. The van der Waals surface area contributed by atoms with Crippen molar-refractivity contribution < 1.29 is 4.79 Å². The van der Waals surface area contributed by atoms with Crippen molar-refractivity contribution in [2.45, 2.75) is 32.2 Å². The molecule has 1 fully saturated rings. The van der Waals surface area contributed by atoms with E-state index in [1.54, 1.807) is 0 Å². The van der Waals surface area contributed by atoms with E-state index in [0.29, 0.717) is 24.2 Å². The van der Waals surface area contributed by atoms with Crippen molar-refractivity contribution in [2.24, 2.45) is 17.6 Å². The second-order valence-electron chi connectivity index (χ2n) is 6.09. The zero-order chi connectivity index (χ0) is 14.1. The maximum atomic E-state index is 12.4. The van der Waals surface area contributed by atoms with E-state index in [2.05, 4.69) is 34.1 Å². The van der Waals surface area contributed by atoms with E-state index in [9.17, 15) is 4.79 Å². The molecule has 1 aromatic carbocycles. The third-order valence-electron chi connectivity index (χ3n) is 4.69. The summed E-state index contributed by atoms with van der Waals surface area (Å²) in [5, 5.41) is 0. The van der Waals surface area contributed by atoms with Crippen LogP contribution in [0.4, 0.5) is 0 Å². The molecule has 3 rings (SSSR count). The molecule has 0 saturated heterocycles. The zero-order valence-electron chi connectivity index (χ0n) is 11.6. The number of fused-ring (bicyclic) bond motifs is 1. The highest BCUT2D eigenvalue weighted by Gasteiger charge is 2.31. The fourth-order valence-electron chi connectivity index (χ4n) is 3.38. The summed E-state index contributed by atoms with van der Waals surface area (Å²) in [5.74, 6) is 1.54. The maximum Gasteiger partial charge on any atom is 0.223 e. The molecule has 0 unspecified atom stereocenters. The number of benzene rings is 1. The average molecular weight is 337 g/mol. The van der Waals surface area contributed by atoms with Gasteiger partial charge >= 0.3 is 0 Å². The number of carbonyl (C=O) groups is 1. The van der Waals surface area contributed by atoms with Gasteiger partial charge in [-0.15, -0.1) is 0 Å². The number of hydrogen-bond donors (Lipinski definition) is 1. The number of hydrogen-bond acceptors (Lipinski definition) is 2. The van der Waals surface area contributed by atoms with Gasteiger partial charge in [0.1, 0.15) is 0 Å². The van der Waals surface area contributed by atoms with Gasteiger partial charge in [0, 0.05) is 24.0 Å². The van der Waals surface area contributed by atoms with Crippen molar-refractivity contribution >= 4 is 21.8 Å². The summed E-state index contributed by atoms with van der Waals surface area (Å²) in [6.45, 7) is 2.39. The van der Waals surface area contributed by atoms with Gasteiger partial charge in [0.2, 0.25) is 5.91 Å². The molecule has 1 amide bonds. The van der Waals surface area contributed by atoms with Crippen molar-refractivity contribution in [1.29, 1.82) is 0 Å². The Morgan fingerprint density at radius 2 is 2.15 bits per heavy atom. The minimum absolute atomic E-state index is 0.316. The minimum atomic E-state index is 0.316. The van der Waals surface area contributed by atoms with Crippen LogP contribution in [0.15, 0.2) is 22.7 Å². The first-order chi connectivity index (χ1) is 9.67. The summed E-state index contributed by atoms with van der Waals surface area (Å²) in [7, 11) is 0. The first kappa shape index (κ1) is 14.1. The molecule has 2 N–H and O–H groups in total. The molecule has 2 aliphatic rings. The second kappa shape index (κ2) is 5.86. The minimum Gasteiger partial charge on any atom is -0.338 e. The number of rotatable bonds is 3. The van der Waals surface area contributed by atoms with E-state index >= 15 is 0 Å². The summed E-state index contributed by atoms with van der Waals surface area (Å²) in [5.41, 5.74) is 8.29. The van der Waals surface area contributed by atoms with Crippen LogP contribution in [0.3, 0.4) is 0 Å². The van der Waals surface area contributed by atoms with Crippen LogP contribution in [0.5, 0.6) is 0 Å². The highest BCUT2D eigenvalue weighted by Crippen LogP contribution is 2.36. The lowest BCUT2D eigenvalue weighted by atomic mass is 9.73. The lowest BCUT2D eigenvalue weighted by Gasteiger charge is -2.36. The topological polar surface area (TPSA) is 46.3 Å². The summed E-state index contributed by atoms with van der Waals surface area (Å²) in [6.07, 6.45) is 3.94. The molecule has 1 aromatic rings. The van der Waals surface area contributed by atoms with Gasteiger partial charge in [-0.05, 0) is 54.8 Å². The molecule has 3 nitrogen and oxygen atoms in total. The Morgan fingerprint density at radius 3 is 2.90 bits per heavy atom. The van der Waals surface area contributed by atoms with Gasteiger partial charge in [0.15, 0.2) is 0 Å². The van der Waals surface area contributed by atoms with Gasteiger partial charge in [-0.1, -0.05) is 28.1 Å². The van der Waals surface area contributed by atoms with E-state index < -0.39 is 0 Å². The SMILES string of the molecule is NCC1CC(CC(=O)N2CCc3c(Br)cccc3C2)C1. The molecule has 0 spiro atoms. The Labute approximate surface area is 128 Å². The summed E-state index contributed by atoms with van der Waals surface area (Å²) in [6, 6.07) is 6.26. The van der Waals surface area contributed by atoms with Gasteiger partial charge in [0.05, 0.1) is 0 Å². The largest absolute Gasteiger partial charge is 0.338 e. The van der Waals surface area contributed by atoms with Crippen LogP contribution < -0.4 is 5.73 Å². The van der Waals surface area contributed by atoms with Crippen molar-refractivity contribution in [3.8, 4) is 0 Å². The fraction of sp³-hybridized carbons (Fsp3) is 0.562. The Hall–Kier alpha value is -0.870. The molecule has 108 valence electrons. The molecule has 1 aliphatic carbocycles. The predicted octanol–water partition coefficient (Wildman–Crippen LogP) is 2.71. The number of nitrogens with two attached hydrogens (primary N) is 1. The van der Waals surface area contributed by atoms with Crippen LogP contribution >= 0.6 is 15.9 Å². The molecular weight excluding hydrogens is 316 g/mol. The van der Waals surface area contributed by atoms with Gasteiger partial charge in [-0.25, -0.2) is 0 Å².